The van der Waals surface area contributed by atoms with Gasteiger partial charge in [0.1, 0.15) is 23.1 Å². The Bertz CT molecular complexity index is 713. The van der Waals surface area contributed by atoms with Crippen molar-refractivity contribution in [2.45, 2.75) is 0 Å². The minimum Gasteiger partial charge on any atom is -0.382 e. The maximum absolute atomic E-state index is 11.0. The van der Waals surface area contributed by atoms with Crippen LogP contribution in [0.2, 0.25) is 0 Å². The number of nitro benzene ring substituents is 1. The number of nitriles is 1. The molecule has 8 nitrogen and oxygen atoms in total. The summed E-state index contributed by atoms with van der Waals surface area (Å²) in [6.07, 6.45) is 0. The number of rotatable bonds is 3. The quantitative estimate of drug-likeness (QED) is 0.665. The normalized spacial score (nSPS) is 10.1. The van der Waals surface area contributed by atoms with Crippen LogP contribution in [0.4, 0.5) is 17.3 Å². The van der Waals surface area contributed by atoms with Crippen LogP contribution in [0, 0.1) is 21.4 Å². The summed E-state index contributed by atoms with van der Waals surface area (Å²) >= 11 is 0. The van der Waals surface area contributed by atoms with Gasteiger partial charge in [0.25, 0.3) is 5.69 Å². The first-order valence-corrected chi connectivity index (χ1v) is 5.67. The first-order chi connectivity index (χ1) is 9.47. The summed E-state index contributed by atoms with van der Waals surface area (Å²) in [6, 6.07) is 8.05. The minimum absolute atomic E-state index is 0.0745. The Morgan fingerprint density at radius 3 is 2.60 bits per heavy atom. The van der Waals surface area contributed by atoms with Crippen LogP contribution in [0.1, 0.15) is 5.56 Å². The van der Waals surface area contributed by atoms with Gasteiger partial charge in [-0.25, -0.2) is 4.68 Å². The zero-order chi connectivity index (χ0) is 14.9. The molecule has 0 unspecified atom stereocenters. The van der Waals surface area contributed by atoms with Gasteiger partial charge in [0, 0.05) is 20.2 Å². The van der Waals surface area contributed by atoms with Crippen LogP contribution in [-0.2, 0) is 0 Å². The lowest BCUT2D eigenvalue weighted by molar-refractivity contribution is -0.384. The SMILES string of the molecule is CN(C)c1nn(-c2ccccc2[N+](=O)[O-])c(N)c1C#N. The highest BCUT2D eigenvalue weighted by molar-refractivity contribution is 5.68. The van der Waals surface area contributed by atoms with Crippen molar-refractivity contribution < 1.29 is 4.92 Å². The van der Waals surface area contributed by atoms with E-state index in [2.05, 4.69) is 5.10 Å². The van der Waals surface area contributed by atoms with E-state index in [-0.39, 0.29) is 22.8 Å². The number of nitrogens with two attached hydrogens (primary N) is 1. The number of para-hydroxylation sites is 2. The van der Waals surface area contributed by atoms with Gasteiger partial charge in [0.15, 0.2) is 5.82 Å². The van der Waals surface area contributed by atoms with Crippen molar-refractivity contribution in [1.29, 1.82) is 5.26 Å². The van der Waals surface area contributed by atoms with Crippen molar-refractivity contribution in [3.63, 3.8) is 0 Å². The Hall–Kier alpha value is -3.08. The summed E-state index contributed by atoms with van der Waals surface area (Å²) in [7, 11) is 3.43. The van der Waals surface area contributed by atoms with Gasteiger partial charge in [-0.3, -0.25) is 10.1 Å². The molecule has 0 spiro atoms. The van der Waals surface area contributed by atoms with E-state index in [9.17, 15) is 10.1 Å². The molecule has 1 heterocycles. The summed E-state index contributed by atoms with van der Waals surface area (Å²) in [5.41, 5.74) is 6.16. The van der Waals surface area contributed by atoms with Crippen LogP contribution in [0.5, 0.6) is 0 Å². The standard InChI is InChI=1S/C12H12N6O2/c1-16(2)12-8(7-13)11(14)17(15-12)9-5-3-4-6-10(9)18(19)20/h3-6H,14H2,1-2H3. The Balaban J connectivity index is 2.72. The highest BCUT2D eigenvalue weighted by Gasteiger charge is 2.22. The molecule has 0 aliphatic rings. The number of nitrogens with zero attached hydrogens (tertiary/aromatic N) is 5. The lowest BCUT2D eigenvalue weighted by atomic mass is 10.2. The minimum atomic E-state index is -0.516. The largest absolute Gasteiger partial charge is 0.382 e. The predicted octanol–water partition coefficient (Wildman–Crippen LogP) is 1.30. The van der Waals surface area contributed by atoms with E-state index in [1.807, 2.05) is 6.07 Å². The van der Waals surface area contributed by atoms with Gasteiger partial charge >= 0.3 is 0 Å². The topological polar surface area (TPSA) is 114 Å². The first kappa shape index (κ1) is 13.4. The molecule has 0 bridgehead atoms. The Morgan fingerprint density at radius 1 is 1.45 bits per heavy atom. The molecule has 0 radical (unpaired) electrons. The molecule has 1 aromatic heterocycles. The number of hydrogen-bond acceptors (Lipinski definition) is 6. The molecule has 0 saturated carbocycles. The van der Waals surface area contributed by atoms with Gasteiger partial charge in [-0.1, -0.05) is 12.1 Å². The lowest BCUT2D eigenvalue weighted by Crippen LogP contribution is -2.11. The van der Waals surface area contributed by atoms with Crippen LogP contribution < -0.4 is 10.6 Å². The molecule has 1 aromatic carbocycles. The molecule has 0 fully saturated rings. The van der Waals surface area contributed by atoms with Gasteiger partial charge in [0.2, 0.25) is 0 Å². The van der Waals surface area contributed by atoms with Gasteiger partial charge in [-0.2, -0.15) is 5.26 Å². The lowest BCUT2D eigenvalue weighted by Gasteiger charge is -2.07. The third-order valence-electron chi connectivity index (χ3n) is 2.74. The zero-order valence-corrected chi connectivity index (χ0v) is 10.9. The summed E-state index contributed by atoms with van der Waals surface area (Å²) < 4.78 is 1.21. The fourth-order valence-electron chi connectivity index (χ4n) is 1.82. The number of aromatic nitrogens is 2. The van der Waals surface area contributed by atoms with E-state index in [1.54, 1.807) is 31.1 Å². The monoisotopic (exact) mass is 272 g/mol. The Labute approximate surface area is 114 Å². The number of benzene rings is 1. The predicted molar refractivity (Wildman–Crippen MR) is 73.7 cm³/mol. The van der Waals surface area contributed by atoms with Crippen LogP contribution >= 0.6 is 0 Å². The fourth-order valence-corrected chi connectivity index (χ4v) is 1.82. The van der Waals surface area contributed by atoms with E-state index in [0.29, 0.717) is 5.82 Å². The van der Waals surface area contributed by atoms with E-state index in [0.717, 1.165) is 0 Å². The van der Waals surface area contributed by atoms with E-state index < -0.39 is 4.92 Å². The maximum Gasteiger partial charge on any atom is 0.294 e. The summed E-state index contributed by atoms with van der Waals surface area (Å²) in [4.78, 5) is 12.2. The average Bonchev–Trinajstić information content (AvgIpc) is 2.75. The van der Waals surface area contributed by atoms with E-state index in [1.165, 1.54) is 16.8 Å². The Morgan fingerprint density at radius 2 is 2.10 bits per heavy atom. The van der Waals surface area contributed by atoms with Crippen LogP contribution in [0.15, 0.2) is 24.3 Å². The third-order valence-corrected chi connectivity index (χ3v) is 2.74. The van der Waals surface area contributed by atoms with Crippen LogP contribution in [0.3, 0.4) is 0 Å². The van der Waals surface area contributed by atoms with Gasteiger partial charge in [-0.15, -0.1) is 5.10 Å². The fraction of sp³-hybridized carbons (Fsp3) is 0.167. The average molecular weight is 272 g/mol. The molecule has 2 aromatic rings. The second-order valence-electron chi connectivity index (χ2n) is 4.25. The second-order valence-corrected chi connectivity index (χ2v) is 4.25. The van der Waals surface area contributed by atoms with Gasteiger partial charge in [0.05, 0.1) is 4.92 Å². The molecular formula is C12H12N6O2. The molecule has 20 heavy (non-hydrogen) atoms. The van der Waals surface area contributed by atoms with Crippen LogP contribution in [-0.4, -0.2) is 28.8 Å². The summed E-state index contributed by atoms with van der Waals surface area (Å²) in [5.74, 6) is 0.439. The molecular weight excluding hydrogens is 260 g/mol. The van der Waals surface area contributed by atoms with Gasteiger partial charge in [-0.05, 0) is 6.07 Å². The number of nitro groups is 1. The van der Waals surface area contributed by atoms with Crippen molar-refractivity contribution in [2.75, 3.05) is 24.7 Å². The molecule has 0 aliphatic carbocycles. The molecule has 2 N–H and O–H groups in total. The van der Waals surface area contributed by atoms with E-state index >= 15 is 0 Å². The summed E-state index contributed by atoms with van der Waals surface area (Å²) in [5, 5.41) is 24.4. The molecule has 0 atom stereocenters. The molecule has 0 saturated heterocycles. The second kappa shape index (κ2) is 4.89. The first-order valence-electron chi connectivity index (χ1n) is 5.67. The number of hydrogen-bond donors (Lipinski definition) is 1. The highest BCUT2D eigenvalue weighted by Crippen LogP contribution is 2.29. The summed E-state index contributed by atoms with van der Waals surface area (Å²) in [6.45, 7) is 0. The smallest absolute Gasteiger partial charge is 0.294 e. The van der Waals surface area contributed by atoms with Crippen molar-refractivity contribution in [3.05, 3.63) is 39.9 Å². The van der Waals surface area contributed by atoms with E-state index in [4.69, 9.17) is 11.0 Å². The molecule has 8 heteroatoms. The van der Waals surface area contributed by atoms with Gasteiger partial charge < -0.3 is 10.6 Å². The molecule has 102 valence electrons. The zero-order valence-electron chi connectivity index (χ0n) is 10.9. The van der Waals surface area contributed by atoms with Crippen molar-refractivity contribution in [2.24, 2.45) is 0 Å². The Kier molecular flexibility index (Phi) is 3.27. The maximum atomic E-state index is 11.0. The van der Waals surface area contributed by atoms with Crippen molar-refractivity contribution >= 4 is 17.3 Å². The molecule has 0 aliphatic heterocycles. The highest BCUT2D eigenvalue weighted by atomic mass is 16.6. The number of nitrogen functional groups attached to an aromatic ring is 1. The third kappa shape index (κ3) is 2.01. The van der Waals surface area contributed by atoms with Crippen molar-refractivity contribution in [1.82, 2.24) is 9.78 Å². The van der Waals surface area contributed by atoms with Crippen molar-refractivity contribution in [3.8, 4) is 11.8 Å². The molecule has 0 amide bonds. The number of anilines is 2. The molecule has 2 rings (SSSR count). The van der Waals surface area contributed by atoms with Crippen LogP contribution in [0.25, 0.3) is 5.69 Å².